The number of amides is 1. The molecule has 0 aliphatic heterocycles. The Bertz CT molecular complexity index is 892. The molecule has 3 aromatic rings. The van der Waals surface area contributed by atoms with Crippen molar-refractivity contribution in [1.29, 1.82) is 0 Å². The first-order valence-corrected chi connectivity index (χ1v) is 7.59. The van der Waals surface area contributed by atoms with Crippen LogP contribution in [0.4, 0.5) is 10.1 Å². The van der Waals surface area contributed by atoms with Crippen LogP contribution >= 0.6 is 11.3 Å². The van der Waals surface area contributed by atoms with Crippen molar-refractivity contribution in [2.45, 2.75) is 0 Å². The maximum Gasteiger partial charge on any atom is 0.335 e. The van der Waals surface area contributed by atoms with Crippen molar-refractivity contribution in [3.8, 4) is 10.6 Å². The second kappa shape index (κ2) is 6.55. The first kappa shape index (κ1) is 15.8. The second-order valence-corrected chi connectivity index (χ2v) is 5.73. The van der Waals surface area contributed by atoms with E-state index in [1.807, 2.05) is 0 Å². The molecule has 2 N–H and O–H groups in total. The first-order valence-electron chi connectivity index (χ1n) is 6.77. The summed E-state index contributed by atoms with van der Waals surface area (Å²) in [6.45, 7) is 0. The van der Waals surface area contributed by atoms with E-state index in [2.05, 4.69) is 15.5 Å². The molecule has 0 saturated heterocycles. The number of hydrogen-bond acceptors (Lipinski definition) is 5. The van der Waals surface area contributed by atoms with Gasteiger partial charge in [-0.2, -0.15) is 0 Å². The molecular formula is C16H10FN3O3S. The highest BCUT2D eigenvalue weighted by Gasteiger charge is 2.14. The van der Waals surface area contributed by atoms with Gasteiger partial charge < -0.3 is 10.4 Å². The third-order valence-corrected chi connectivity index (χ3v) is 4.07. The molecule has 0 atom stereocenters. The third kappa shape index (κ3) is 3.44. The summed E-state index contributed by atoms with van der Waals surface area (Å²) in [4.78, 5) is 22.9. The number of aromatic nitrogens is 2. The van der Waals surface area contributed by atoms with Gasteiger partial charge in [-0.1, -0.05) is 23.5 Å². The summed E-state index contributed by atoms with van der Waals surface area (Å²) < 4.78 is 12.8. The molecule has 0 fully saturated rings. The predicted octanol–water partition coefficient (Wildman–Crippen LogP) is 3.29. The molecule has 1 heterocycles. The number of carboxylic acids is 1. The molecule has 0 saturated carbocycles. The van der Waals surface area contributed by atoms with Crippen LogP contribution in [0.2, 0.25) is 0 Å². The van der Waals surface area contributed by atoms with Crippen LogP contribution in [0.25, 0.3) is 10.6 Å². The van der Waals surface area contributed by atoms with E-state index in [1.54, 1.807) is 12.1 Å². The zero-order chi connectivity index (χ0) is 17.1. The number of hydrogen-bond donors (Lipinski definition) is 2. The number of aromatic carboxylic acids is 1. The molecule has 0 spiro atoms. The zero-order valence-electron chi connectivity index (χ0n) is 12.1. The molecule has 0 aliphatic rings. The van der Waals surface area contributed by atoms with Crippen LogP contribution in [0.1, 0.15) is 20.2 Å². The number of carboxylic acid groups (broad SMARTS) is 1. The Balaban J connectivity index is 1.75. The van der Waals surface area contributed by atoms with Gasteiger partial charge in [0.05, 0.1) is 5.56 Å². The quantitative estimate of drug-likeness (QED) is 0.758. The molecule has 0 bridgehead atoms. The van der Waals surface area contributed by atoms with Gasteiger partial charge in [0.1, 0.15) is 10.8 Å². The van der Waals surface area contributed by atoms with Crippen molar-refractivity contribution >= 4 is 28.9 Å². The molecule has 3 rings (SSSR count). The van der Waals surface area contributed by atoms with E-state index >= 15 is 0 Å². The number of carbonyl (C=O) groups is 2. The topological polar surface area (TPSA) is 92.2 Å². The van der Waals surface area contributed by atoms with Crippen molar-refractivity contribution in [1.82, 2.24) is 10.2 Å². The molecular weight excluding hydrogens is 333 g/mol. The molecule has 0 unspecified atom stereocenters. The number of anilines is 1. The van der Waals surface area contributed by atoms with E-state index in [4.69, 9.17) is 5.11 Å². The van der Waals surface area contributed by atoms with Gasteiger partial charge in [-0.3, -0.25) is 4.79 Å². The smallest absolute Gasteiger partial charge is 0.335 e. The van der Waals surface area contributed by atoms with E-state index in [1.165, 1.54) is 36.4 Å². The lowest BCUT2D eigenvalue weighted by Gasteiger charge is -2.01. The number of nitrogens with zero attached hydrogens (tertiary/aromatic N) is 2. The second-order valence-electron chi connectivity index (χ2n) is 4.76. The zero-order valence-corrected chi connectivity index (χ0v) is 12.9. The van der Waals surface area contributed by atoms with Gasteiger partial charge in [-0.15, -0.1) is 10.2 Å². The fourth-order valence-electron chi connectivity index (χ4n) is 1.90. The standard InChI is InChI=1S/C16H10FN3O3S/c17-11-5-7-12(8-6-11)18-13(21)15-20-19-14(24-15)9-1-3-10(4-2-9)16(22)23/h1-8H,(H,18,21)(H,22,23). The van der Waals surface area contributed by atoms with Gasteiger partial charge in [0.2, 0.25) is 5.01 Å². The molecule has 0 aliphatic carbocycles. The van der Waals surface area contributed by atoms with Crippen molar-refractivity contribution in [3.05, 3.63) is 64.9 Å². The SMILES string of the molecule is O=C(O)c1ccc(-c2nnc(C(=O)Nc3ccc(F)cc3)s2)cc1. The molecule has 120 valence electrons. The largest absolute Gasteiger partial charge is 0.478 e. The number of nitrogens with one attached hydrogen (secondary N) is 1. The Morgan fingerprint density at radius 2 is 1.67 bits per heavy atom. The Morgan fingerprint density at radius 1 is 1.00 bits per heavy atom. The van der Waals surface area contributed by atoms with Crippen LogP contribution in [0, 0.1) is 5.82 Å². The van der Waals surface area contributed by atoms with E-state index < -0.39 is 17.7 Å². The van der Waals surface area contributed by atoms with Gasteiger partial charge in [0.25, 0.3) is 5.91 Å². The van der Waals surface area contributed by atoms with Gasteiger partial charge in [0, 0.05) is 11.3 Å². The van der Waals surface area contributed by atoms with E-state index in [-0.39, 0.29) is 10.6 Å². The Morgan fingerprint density at radius 3 is 2.29 bits per heavy atom. The van der Waals surface area contributed by atoms with Crippen LogP contribution in [0.5, 0.6) is 0 Å². The van der Waals surface area contributed by atoms with Crippen molar-refractivity contribution in [2.75, 3.05) is 5.32 Å². The highest BCUT2D eigenvalue weighted by Crippen LogP contribution is 2.24. The lowest BCUT2D eigenvalue weighted by Crippen LogP contribution is -2.11. The number of carbonyl (C=O) groups excluding carboxylic acids is 1. The Hall–Kier alpha value is -3.13. The summed E-state index contributed by atoms with van der Waals surface area (Å²) in [6.07, 6.45) is 0. The van der Waals surface area contributed by atoms with Crippen LogP contribution in [-0.2, 0) is 0 Å². The fourth-order valence-corrected chi connectivity index (χ4v) is 2.65. The van der Waals surface area contributed by atoms with Gasteiger partial charge in [-0.05, 0) is 36.4 Å². The van der Waals surface area contributed by atoms with Crippen LogP contribution in [-0.4, -0.2) is 27.2 Å². The molecule has 1 aromatic heterocycles. The summed E-state index contributed by atoms with van der Waals surface area (Å²) in [6, 6.07) is 11.5. The molecule has 8 heteroatoms. The summed E-state index contributed by atoms with van der Waals surface area (Å²) in [7, 11) is 0. The lowest BCUT2D eigenvalue weighted by molar-refractivity contribution is 0.0696. The monoisotopic (exact) mass is 343 g/mol. The third-order valence-electron chi connectivity index (χ3n) is 3.10. The van der Waals surface area contributed by atoms with Crippen LogP contribution in [0.3, 0.4) is 0 Å². The fraction of sp³-hybridized carbons (Fsp3) is 0. The minimum absolute atomic E-state index is 0.150. The number of rotatable bonds is 4. The minimum atomic E-state index is -1.02. The van der Waals surface area contributed by atoms with E-state index in [0.717, 1.165) is 11.3 Å². The molecule has 24 heavy (non-hydrogen) atoms. The molecule has 2 aromatic carbocycles. The van der Waals surface area contributed by atoms with Crippen molar-refractivity contribution in [2.24, 2.45) is 0 Å². The van der Waals surface area contributed by atoms with Crippen LogP contribution in [0.15, 0.2) is 48.5 Å². The van der Waals surface area contributed by atoms with E-state index in [9.17, 15) is 14.0 Å². The molecule has 0 radical (unpaired) electrons. The molecule has 1 amide bonds. The maximum atomic E-state index is 12.8. The Labute approximate surface area is 139 Å². The van der Waals surface area contributed by atoms with Crippen molar-refractivity contribution < 1.29 is 19.1 Å². The number of halogens is 1. The Kier molecular flexibility index (Phi) is 4.30. The van der Waals surface area contributed by atoms with Crippen LogP contribution < -0.4 is 5.32 Å². The normalized spacial score (nSPS) is 10.4. The minimum Gasteiger partial charge on any atom is -0.478 e. The summed E-state index contributed by atoms with van der Waals surface area (Å²) >= 11 is 1.07. The maximum absolute atomic E-state index is 12.8. The summed E-state index contributed by atoms with van der Waals surface area (Å²) in [5.41, 5.74) is 1.28. The van der Waals surface area contributed by atoms with Crippen molar-refractivity contribution in [3.63, 3.8) is 0 Å². The predicted molar refractivity (Wildman–Crippen MR) is 86.7 cm³/mol. The van der Waals surface area contributed by atoms with Gasteiger partial charge in [0.15, 0.2) is 0 Å². The average Bonchev–Trinajstić information content (AvgIpc) is 3.07. The summed E-state index contributed by atoms with van der Waals surface area (Å²) in [5.74, 6) is -1.86. The summed E-state index contributed by atoms with van der Waals surface area (Å²) in [5, 5.41) is 19.9. The van der Waals surface area contributed by atoms with Gasteiger partial charge >= 0.3 is 5.97 Å². The van der Waals surface area contributed by atoms with Gasteiger partial charge in [-0.25, -0.2) is 9.18 Å². The first-order chi connectivity index (χ1) is 11.5. The highest BCUT2D eigenvalue weighted by molar-refractivity contribution is 7.16. The lowest BCUT2D eigenvalue weighted by atomic mass is 10.1. The number of benzene rings is 2. The van der Waals surface area contributed by atoms with E-state index in [0.29, 0.717) is 16.3 Å². The highest BCUT2D eigenvalue weighted by atomic mass is 32.1. The molecule has 6 nitrogen and oxygen atoms in total. The average molecular weight is 343 g/mol.